The molecule has 1 atom stereocenters. The van der Waals surface area contributed by atoms with Crippen molar-refractivity contribution in [3.8, 4) is 5.75 Å². The lowest BCUT2D eigenvalue weighted by molar-refractivity contribution is 0.302. The lowest BCUT2D eigenvalue weighted by Crippen LogP contribution is -2.17. The minimum atomic E-state index is 0.135. The summed E-state index contributed by atoms with van der Waals surface area (Å²) in [6.07, 6.45) is 2.32. The molecular formula is C26H36O. The van der Waals surface area contributed by atoms with Gasteiger partial charge in [-0.05, 0) is 76.0 Å². The van der Waals surface area contributed by atoms with Crippen LogP contribution < -0.4 is 4.74 Å². The summed E-state index contributed by atoms with van der Waals surface area (Å²) in [4.78, 5) is 0. The summed E-state index contributed by atoms with van der Waals surface area (Å²) < 4.78 is 6.40. The first-order chi connectivity index (χ1) is 12.4. The Morgan fingerprint density at radius 1 is 0.852 bits per heavy atom. The highest BCUT2D eigenvalue weighted by Crippen LogP contribution is 2.36. The molecule has 0 aliphatic heterocycles. The number of hydrogen-bond acceptors (Lipinski definition) is 1. The minimum absolute atomic E-state index is 0.135. The Bertz CT molecular complexity index is 798. The summed E-state index contributed by atoms with van der Waals surface area (Å²) in [5.41, 5.74) is 8.53. The summed E-state index contributed by atoms with van der Waals surface area (Å²) in [7, 11) is 0. The van der Waals surface area contributed by atoms with Crippen molar-refractivity contribution in [2.75, 3.05) is 0 Å². The molecular weight excluding hydrogens is 328 g/mol. The summed E-state index contributed by atoms with van der Waals surface area (Å²) in [6.45, 7) is 18.9. The van der Waals surface area contributed by atoms with Crippen LogP contribution in [0.5, 0.6) is 5.75 Å². The van der Waals surface area contributed by atoms with Crippen LogP contribution in [0, 0.1) is 12.8 Å². The number of aryl methyl sites for hydroxylation is 1. The van der Waals surface area contributed by atoms with E-state index in [1.807, 2.05) is 0 Å². The average Bonchev–Trinajstić information content (AvgIpc) is 2.90. The Labute approximate surface area is 166 Å². The van der Waals surface area contributed by atoms with E-state index in [1.165, 1.54) is 39.8 Å². The smallest absolute Gasteiger partial charge is 0.123 e. The van der Waals surface area contributed by atoms with Gasteiger partial charge in [-0.25, -0.2) is 0 Å². The second kappa shape index (κ2) is 7.00. The number of ether oxygens (including phenoxy) is 1. The van der Waals surface area contributed by atoms with Crippen molar-refractivity contribution >= 4 is 0 Å². The van der Waals surface area contributed by atoms with Gasteiger partial charge in [0.15, 0.2) is 0 Å². The monoisotopic (exact) mass is 364 g/mol. The van der Waals surface area contributed by atoms with E-state index in [4.69, 9.17) is 4.74 Å². The third-order valence-electron chi connectivity index (χ3n) is 5.69. The van der Waals surface area contributed by atoms with Crippen molar-refractivity contribution in [3.63, 3.8) is 0 Å². The van der Waals surface area contributed by atoms with E-state index in [2.05, 4.69) is 85.7 Å². The predicted octanol–water partition coefficient (Wildman–Crippen LogP) is 6.90. The number of rotatable bonds is 3. The van der Waals surface area contributed by atoms with Gasteiger partial charge in [0.25, 0.3) is 0 Å². The van der Waals surface area contributed by atoms with Crippen LogP contribution in [0.2, 0.25) is 0 Å². The highest BCUT2D eigenvalue weighted by molar-refractivity contribution is 5.47. The maximum Gasteiger partial charge on any atom is 0.123 e. The molecule has 0 spiro atoms. The maximum absolute atomic E-state index is 6.40. The van der Waals surface area contributed by atoms with Gasteiger partial charge in [-0.1, -0.05) is 72.7 Å². The molecule has 1 aliphatic rings. The van der Waals surface area contributed by atoms with E-state index < -0.39 is 0 Å². The van der Waals surface area contributed by atoms with E-state index in [0.29, 0.717) is 6.61 Å². The molecule has 0 amide bonds. The molecule has 1 nitrogen and oxygen atoms in total. The zero-order valence-corrected chi connectivity index (χ0v) is 18.5. The molecule has 2 aromatic rings. The fraction of sp³-hybridized carbons (Fsp3) is 0.538. The molecule has 0 radical (unpaired) electrons. The zero-order chi connectivity index (χ0) is 20.0. The molecule has 0 heterocycles. The lowest BCUT2D eigenvalue weighted by Gasteiger charge is -2.26. The first kappa shape index (κ1) is 20.0. The highest BCUT2D eigenvalue weighted by Gasteiger charge is 2.23. The second-order valence-corrected chi connectivity index (χ2v) is 10.6. The van der Waals surface area contributed by atoms with E-state index in [9.17, 15) is 0 Å². The number of hydrogen-bond donors (Lipinski definition) is 0. The summed E-state index contributed by atoms with van der Waals surface area (Å²) in [5, 5.41) is 0. The number of fused-ring (bicyclic) bond motifs is 1. The molecule has 1 unspecified atom stereocenters. The Balaban J connectivity index is 1.91. The van der Waals surface area contributed by atoms with E-state index in [-0.39, 0.29) is 10.8 Å². The van der Waals surface area contributed by atoms with Crippen molar-refractivity contribution in [1.29, 1.82) is 0 Å². The number of benzene rings is 2. The molecule has 2 aromatic carbocycles. The van der Waals surface area contributed by atoms with Crippen LogP contribution in [0.3, 0.4) is 0 Å². The van der Waals surface area contributed by atoms with Crippen LogP contribution in [0.25, 0.3) is 0 Å². The van der Waals surface area contributed by atoms with Crippen molar-refractivity contribution in [2.45, 2.75) is 85.7 Å². The third kappa shape index (κ3) is 4.57. The molecule has 3 rings (SSSR count). The predicted molar refractivity (Wildman–Crippen MR) is 116 cm³/mol. The SMILES string of the molecule is Cc1cc2c(c(OCc3cc(C(C)(C)C)cc(C(C)(C)C)c3)c1)CC(C)C2. The first-order valence-corrected chi connectivity index (χ1v) is 10.3. The molecule has 0 bridgehead atoms. The van der Waals surface area contributed by atoms with Gasteiger partial charge in [0.1, 0.15) is 12.4 Å². The van der Waals surface area contributed by atoms with Crippen molar-refractivity contribution in [3.05, 3.63) is 63.7 Å². The summed E-state index contributed by atoms with van der Waals surface area (Å²) in [6, 6.07) is 11.6. The van der Waals surface area contributed by atoms with Gasteiger partial charge < -0.3 is 4.74 Å². The molecule has 0 saturated heterocycles. The quantitative estimate of drug-likeness (QED) is 0.575. The molecule has 146 valence electrons. The zero-order valence-electron chi connectivity index (χ0n) is 18.5. The van der Waals surface area contributed by atoms with Gasteiger partial charge in [-0.2, -0.15) is 0 Å². The molecule has 1 aliphatic carbocycles. The molecule has 0 saturated carbocycles. The van der Waals surface area contributed by atoms with Gasteiger partial charge in [-0.15, -0.1) is 0 Å². The topological polar surface area (TPSA) is 9.23 Å². The summed E-state index contributed by atoms with van der Waals surface area (Å²) in [5.74, 6) is 1.81. The maximum atomic E-state index is 6.40. The summed E-state index contributed by atoms with van der Waals surface area (Å²) >= 11 is 0. The van der Waals surface area contributed by atoms with E-state index in [1.54, 1.807) is 0 Å². The minimum Gasteiger partial charge on any atom is -0.489 e. The lowest BCUT2D eigenvalue weighted by atomic mass is 9.79. The van der Waals surface area contributed by atoms with Crippen LogP contribution in [-0.4, -0.2) is 0 Å². The normalized spacial score (nSPS) is 17.1. The van der Waals surface area contributed by atoms with Gasteiger partial charge in [0, 0.05) is 0 Å². The first-order valence-electron chi connectivity index (χ1n) is 10.3. The molecule has 0 aromatic heterocycles. The van der Waals surface area contributed by atoms with Crippen molar-refractivity contribution in [1.82, 2.24) is 0 Å². The Morgan fingerprint density at radius 2 is 1.44 bits per heavy atom. The molecule has 1 heteroatoms. The van der Waals surface area contributed by atoms with Crippen LogP contribution >= 0.6 is 0 Å². The molecule has 27 heavy (non-hydrogen) atoms. The van der Waals surface area contributed by atoms with Crippen LogP contribution in [-0.2, 0) is 30.3 Å². The van der Waals surface area contributed by atoms with E-state index >= 15 is 0 Å². The standard InChI is InChI=1S/C26H36O/c1-17-9-20-10-18(2)12-24(23(20)11-17)27-16-19-13-21(25(3,4)5)15-22(14-19)26(6,7)8/h10,12-15,17H,9,11,16H2,1-8H3. The van der Waals surface area contributed by atoms with Crippen molar-refractivity contribution in [2.24, 2.45) is 5.92 Å². The average molecular weight is 365 g/mol. The van der Waals surface area contributed by atoms with Gasteiger partial charge in [-0.3, -0.25) is 0 Å². The van der Waals surface area contributed by atoms with E-state index in [0.717, 1.165) is 18.1 Å². The second-order valence-electron chi connectivity index (χ2n) is 10.6. The van der Waals surface area contributed by atoms with Crippen LogP contribution in [0.15, 0.2) is 30.3 Å². The molecule has 0 fully saturated rings. The Kier molecular flexibility index (Phi) is 5.18. The van der Waals surface area contributed by atoms with Crippen LogP contribution in [0.4, 0.5) is 0 Å². The fourth-order valence-electron chi connectivity index (χ4n) is 4.00. The molecule has 0 N–H and O–H groups in total. The fourth-order valence-corrected chi connectivity index (χ4v) is 4.00. The largest absolute Gasteiger partial charge is 0.489 e. The van der Waals surface area contributed by atoms with Gasteiger partial charge >= 0.3 is 0 Å². The van der Waals surface area contributed by atoms with Gasteiger partial charge in [0.05, 0.1) is 0 Å². The third-order valence-corrected chi connectivity index (χ3v) is 5.69. The Morgan fingerprint density at radius 3 is 2.00 bits per heavy atom. The van der Waals surface area contributed by atoms with Crippen LogP contribution in [0.1, 0.15) is 81.8 Å². The highest BCUT2D eigenvalue weighted by atomic mass is 16.5. The van der Waals surface area contributed by atoms with Crippen molar-refractivity contribution < 1.29 is 4.74 Å². The Hall–Kier alpha value is -1.76. The van der Waals surface area contributed by atoms with Gasteiger partial charge in [0.2, 0.25) is 0 Å².